The fourth-order valence-corrected chi connectivity index (χ4v) is 0.340. The summed E-state index contributed by atoms with van der Waals surface area (Å²) in [6, 6.07) is 0. The number of rotatable bonds is 0. The van der Waals surface area contributed by atoms with Gasteiger partial charge in [-0.15, -0.1) is 6.42 Å². The van der Waals surface area contributed by atoms with Gasteiger partial charge < -0.3 is 1.43 Å². The predicted molar refractivity (Wildman–Crippen MR) is 22.7 cm³/mol. The maximum Gasteiger partial charge on any atom is 1.00 e. The first-order valence-corrected chi connectivity index (χ1v) is 1.72. The van der Waals surface area contributed by atoms with E-state index in [-0.39, 0.29) is 42.0 Å². The van der Waals surface area contributed by atoms with Gasteiger partial charge in [0.25, 0.3) is 0 Å². The van der Waals surface area contributed by atoms with Crippen LogP contribution < -0.4 is 18.9 Å². The van der Waals surface area contributed by atoms with E-state index in [1.54, 1.807) is 0 Å². The Morgan fingerprint density at radius 1 is 1.57 bits per heavy atom. The van der Waals surface area contributed by atoms with Crippen molar-refractivity contribution in [1.29, 1.82) is 0 Å². The Morgan fingerprint density at radius 3 is 2.43 bits per heavy atom. The molecule has 0 saturated heterocycles. The third kappa shape index (κ3) is 4.65. The third-order valence-corrected chi connectivity index (χ3v) is 0.586. The van der Waals surface area contributed by atoms with Gasteiger partial charge in [-0.1, -0.05) is 0 Å². The SMILES string of the molecule is [C-]1=CC=CC1.[H-].[Li+].[Ti]. The Kier molecular flexibility index (Phi) is 10.4. The normalized spacial score (nSPS) is 12.6. The molecule has 0 nitrogen and oxygen atoms in total. The molecule has 1 aliphatic carbocycles. The molecule has 0 aromatic rings. The summed E-state index contributed by atoms with van der Waals surface area (Å²) >= 11 is 0. The van der Waals surface area contributed by atoms with Gasteiger partial charge in [0.1, 0.15) is 0 Å². The minimum atomic E-state index is 0. The number of allylic oxidation sites excluding steroid dienone is 4. The smallest absolute Gasteiger partial charge is 1.00 e. The zero-order valence-corrected chi connectivity index (χ0v) is 6.00. The largest absolute Gasteiger partial charge is 1.00 e. The first-order valence-electron chi connectivity index (χ1n) is 1.72. The molecule has 7 heavy (non-hydrogen) atoms. The van der Waals surface area contributed by atoms with Crippen molar-refractivity contribution in [1.82, 2.24) is 0 Å². The van der Waals surface area contributed by atoms with E-state index in [0.29, 0.717) is 0 Å². The van der Waals surface area contributed by atoms with Gasteiger partial charge >= 0.3 is 18.9 Å². The number of hydrogen-bond acceptors (Lipinski definition) is 0. The molecular formula is C5H6LiTi-. The monoisotopic (exact) mass is 121 g/mol. The maximum absolute atomic E-state index is 2.99. The second kappa shape index (κ2) is 6.79. The topological polar surface area (TPSA) is 0 Å². The van der Waals surface area contributed by atoms with Crippen LogP contribution in [0.4, 0.5) is 0 Å². The predicted octanol–water partition coefficient (Wildman–Crippen LogP) is -1.58. The average Bonchev–Trinajstić information content (AvgIpc) is 1.76. The second-order valence-electron chi connectivity index (χ2n) is 1.00. The van der Waals surface area contributed by atoms with Gasteiger partial charge in [0.05, 0.1) is 0 Å². The van der Waals surface area contributed by atoms with Crippen molar-refractivity contribution in [3.63, 3.8) is 0 Å². The quantitative estimate of drug-likeness (QED) is 0.268. The van der Waals surface area contributed by atoms with E-state index in [2.05, 4.69) is 12.2 Å². The van der Waals surface area contributed by atoms with E-state index in [1.807, 2.05) is 12.2 Å². The Morgan fingerprint density at radius 2 is 2.29 bits per heavy atom. The summed E-state index contributed by atoms with van der Waals surface area (Å²) in [5, 5.41) is 0. The van der Waals surface area contributed by atoms with Crippen LogP contribution in [-0.4, -0.2) is 0 Å². The van der Waals surface area contributed by atoms with Crippen LogP contribution in [0.25, 0.3) is 0 Å². The van der Waals surface area contributed by atoms with Gasteiger partial charge in [0.2, 0.25) is 0 Å². The van der Waals surface area contributed by atoms with Crippen molar-refractivity contribution < 1.29 is 42.0 Å². The van der Waals surface area contributed by atoms with E-state index in [1.165, 1.54) is 0 Å². The Bertz CT molecular complexity index is 70.5. The molecule has 0 atom stereocenters. The van der Waals surface area contributed by atoms with Crippen molar-refractivity contribution in [2.24, 2.45) is 0 Å². The summed E-state index contributed by atoms with van der Waals surface area (Å²) in [6.45, 7) is 0. The average molecular weight is 121 g/mol. The minimum Gasteiger partial charge on any atom is -1.00 e. The molecule has 0 radical (unpaired) electrons. The fraction of sp³-hybridized carbons (Fsp3) is 0.200. The van der Waals surface area contributed by atoms with Crippen molar-refractivity contribution in [2.45, 2.75) is 6.42 Å². The summed E-state index contributed by atoms with van der Waals surface area (Å²) in [5.74, 6) is 0. The molecule has 0 aromatic carbocycles. The van der Waals surface area contributed by atoms with E-state index < -0.39 is 0 Å². The van der Waals surface area contributed by atoms with Crippen molar-refractivity contribution in [3.8, 4) is 0 Å². The van der Waals surface area contributed by atoms with E-state index >= 15 is 0 Å². The first kappa shape index (κ1) is 10.7. The third-order valence-electron chi connectivity index (χ3n) is 0.586. The fourth-order valence-electron chi connectivity index (χ4n) is 0.340. The van der Waals surface area contributed by atoms with E-state index in [9.17, 15) is 0 Å². The Labute approximate surface area is 72.6 Å². The molecule has 0 saturated carbocycles. The minimum absolute atomic E-state index is 0. The van der Waals surface area contributed by atoms with Gasteiger partial charge in [-0.25, -0.2) is 12.2 Å². The molecule has 0 amide bonds. The molecule has 0 bridgehead atoms. The van der Waals surface area contributed by atoms with Crippen LogP contribution in [0.3, 0.4) is 0 Å². The number of hydrogen-bond donors (Lipinski definition) is 0. The standard InChI is InChI=1S/C5H5.Li.Ti.H/c1-2-4-5-3-1;;;/h1-3H,4H2;;;/q-1;+1;;-1. The molecule has 0 aromatic heterocycles. The van der Waals surface area contributed by atoms with E-state index in [0.717, 1.165) is 6.42 Å². The second-order valence-corrected chi connectivity index (χ2v) is 1.00. The van der Waals surface area contributed by atoms with E-state index in [4.69, 9.17) is 0 Å². The molecule has 0 unspecified atom stereocenters. The molecule has 0 N–H and O–H groups in total. The Hall–Kier alpha value is 0.792. The molecule has 0 fully saturated rings. The van der Waals surface area contributed by atoms with Crippen LogP contribution in [0.2, 0.25) is 0 Å². The molecule has 1 aliphatic rings. The van der Waals surface area contributed by atoms with Crippen molar-refractivity contribution in [3.05, 3.63) is 24.3 Å². The zero-order chi connectivity index (χ0) is 3.54. The van der Waals surface area contributed by atoms with Gasteiger partial charge in [0.15, 0.2) is 0 Å². The van der Waals surface area contributed by atoms with Gasteiger partial charge in [-0.2, -0.15) is 6.08 Å². The van der Waals surface area contributed by atoms with Gasteiger partial charge in [-0.3, -0.25) is 6.08 Å². The molecular weight excluding hydrogens is 115 g/mol. The molecule has 0 spiro atoms. The summed E-state index contributed by atoms with van der Waals surface area (Å²) < 4.78 is 0. The summed E-state index contributed by atoms with van der Waals surface area (Å²) in [5.41, 5.74) is 0. The molecule has 2 heteroatoms. The van der Waals surface area contributed by atoms with Crippen molar-refractivity contribution in [2.75, 3.05) is 0 Å². The molecule has 1 rings (SSSR count). The zero-order valence-electron chi connectivity index (χ0n) is 5.44. The van der Waals surface area contributed by atoms with Crippen LogP contribution in [0, 0.1) is 6.08 Å². The van der Waals surface area contributed by atoms with Crippen LogP contribution in [-0.2, 0) is 21.7 Å². The maximum atomic E-state index is 2.99. The molecule has 0 aliphatic heterocycles. The summed E-state index contributed by atoms with van der Waals surface area (Å²) in [6.07, 6.45) is 10.0. The van der Waals surface area contributed by atoms with Gasteiger partial charge in [0, 0.05) is 21.7 Å². The van der Waals surface area contributed by atoms with Crippen molar-refractivity contribution >= 4 is 0 Å². The van der Waals surface area contributed by atoms with Crippen LogP contribution in [0.5, 0.6) is 0 Å². The summed E-state index contributed by atoms with van der Waals surface area (Å²) in [4.78, 5) is 0. The molecule has 0 heterocycles. The van der Waals surface area contributed by atoms with Crippen LogP contribution in [0.15, 0.2) is 18.2 Å². The van der Waals surface area contributed by atoms with Gasteiger partial charge in [-0.05, 0) is 0 Å². The first-order chi connectivity index (χ1) is 2.50. The Balaban J connectivity index is -0.0000000833. The van der Waals surface area contributed by atoms with Crippen LogP contribution in [0.1, 0.15) is 7.85 Å². The van der Waals surface area contributed by atoms with Crippen LogP contribution >= 0.6 is 0 Å². The summed E-state index contributed by atoms with van der Waals surface area (Å²) in [7, 11) is 0. The molecule has 32 valence electrons.